The molecule has 5 nitrogen and oxygen atoms in total. The predicted molar refractivity (Wildman–Crippen MR) is 79.0 cm³/mol. The molecular formula is C14H26N2O3S. The van der Waals surface area contributed by atoms with Gasteiger partial charge in [0, 0.05) is 19.6 Å². The van der Waals surface area contributed by atoms with E-state index >= 15 is 0 Å². The average molecular weight is 302 g/mol. The lowest BCUT2D eigenvalue weighted by molar-refractivity contribution is -0.143. The van der Waals surface area contributed by atoms with Crippen LogP contribution >= 0.6 is 0 Å². The minimum Gasteiger partial charge on any atom is -0.341 e. The molecular weight excluding hydrogens is 276 g/mol. The molecule has 0 spiro atoms. The second-order valence-corrected chi connectivity index (χ2v) is 8.60. The van der Waals surface area contributed by atoms with Crippen molar-refractivity contribution >= 4 is 15.7 Å². The number of nitrogens with two attached hydrogens (primary N) is 1. The first-order valence-electron chi connectivity index (χ1n) is 7.58. The number of hydrogen-bond donors (Lipinski definition) is 1. The first-order valence-corrected chi connectivity index (χ1v) is 9.40. The van der Waals surface area contributed by atoms with E-state index in [0.29, 0.717) is 13.0 Å². The summed E-state index contributed by atoms with van der Waals surface area (Å²) in [6.07, 6.45) is 6.65. The van der Waals surface area contributed by atoms with Gasteiger partial charge in [0.15, 0.2) is 9.84 Å². The Kier molecular flexibility index (Phi) is 4.74. The highest BCUT2D eigenvalue weighted by atomic mass is 32.2. The molecule has 1 aliphatic carbocycles. The molecule has 20 heavy (non-hydrogen) atoms. The highest BCUT2D eigenvalue weighted by molar-refractivity contribution is 7.91. The van der Waals surface area contributed by atoms with Gasteiger partial charge in [-0.15, -0.1) is 0 Å². The van der Waals surface area contributed by atoms with Crippen LogP contribution < -0.4 is 5.73 Å². The number of carbonyl (C=O) groups is 1. The highest BCUT2D eigenvalue weighted by Crippen LogP contribution is 2.36. The van der Waals surface area contributed by atoms with Crippen LogP contribution in [0.1, 0.15) is 44.9 Å². The zero-order chi connectivity index (χ0) is 14.8. The molecule has 1 unspecified atom stereocenters. The lowest BCUT2D eigenvalue weighted by Gasteiger charge is -2.36. The molecule has 1 saturated carbocycles. The predicted octanol–water partition coefficient (Wildman–Crippen LogP) is 0.931. The Hall–Kier alpha value is -0.620. The van der Waals surface area contributed by atoms with Crippen molar-refractivity contribution in [3.8, 4) is 0 Å². The van der Waals surface area contributed by atoms with Crippen LogP contribution in [-0.2, 0) is 14.6 Å². The maximum Gasteiger partial charge on any atom is 0.230 e. The smallest absolute Gasteiger partial charge is 0.230 e. The van der Waals surface area contributed by atoms with E-state index in [1.807, 2.05) is 0 Å². The number of carbonyl (C=O) groups excluding carboxylic acids is 1. The van der Waals surface area contributed by atoms with Crippen molar-refractivity contribution in [1.29, 1.82) is 0 Å². The van der Waals surface area contributed by atoms with Gasteiger partial charge in [0.1, 0.15) is 0 Å². The highest BCUT2D eigenvalue weighted by Gasteiger charge is 2.42. The van der Waals surface area contributed by atoms with E-state index < -0.39 is 15.3 Å². The van der Waals surface area contributed by atoms with E-state index in [4.69, 9.17) is 5.73 Å². The van der Waals surface area contributed by atoms with Gasteiger partial charge >= 0.3 is 0 Å². The Bertz CT molecular complexity index is 453. The molecule has 6 heteroatoms. The van der Waals surface area contributed by atoms with Gasteiger partial charge in [-0.1, -0.05) is 25.7 Å². The van der Waals surface area contributed by atoms with E-state index in [1.54, 1.807) is 11.9 Å². The topological polar surface area (TPSA) is 80.5 Å². The summed E-state index contributed by atoms with van der Waals surface area (Å²) in [5.41, 5.74) is 5.47. The molecule has 116 valence electrons. The Morgan fingerprint density at radius 3 is 2.30 bits per heavy atom. The second kappa shape index (κ2) is 6.02. The SMILES string of the molecule is CN(C(=O)C1(CN)CCCCCC1)C1CCS(=O)(=O)C1. The Balaban J connectivity index is 2.11. The van der Waals surface area contributed by atoms with Crippen molar-refractivity contribution in [3.63, 3.8) is 0 Å². The van der Waals surface area contributed by atoms with Crippen LogP contribution in [0.3, 0.4) is 0 Å². The summed E-state index contributed by atoms with van der Waals surface area (Å²) in [5.74, 6) is 0.366. The monoisotopic (exact) mass is 302 g/mol. The molecule has 1 heterocycles. The molecule has 1 aliphatic heterocycles. The normalized spacial score (nSPS) is 28.8. The lowest BCUT2D eigenvalue weighted by atomic mass is 9.78. The van der Waals surface area contributed by atoms with Crippen molar-refractivity contribution < 1.29 is 13.2 Å². The molecule has 0 bridgehead atoms. The molecule has 1 saturated heterocycles. The molecule has 0 aromatic carbocycles. The van der Waals surface area contributed by atoms with Gasteiger partial charge in [-0.3, -0.25) is 4.79 Å². The van der Waals surface area contributed by atoms with E-state index in [0.717, 1.165) is 38.5 Å². The Labute approximate surface area is 121 Å². The average Bonchev–Trinajstić information content (AvgIpc) is 2.66. The maximum atomic E-state index is 12.9. The Morgan fingerprint density at radius 2 is 1.85 bits per heavy atom. The van der Waals surface area contributed by atoms with Crippen molar-refractivity contribution in [2.45, 2.75) is 51.0 Å². The van der Waals surface area contributed by atoms with Crippen molar-refractivity contribution in [3.05, 3.63) is 0 Å². The van der Waals surface area contributed by atoms with E-state index in [9.17, 15) is 13.2 Å². The molecule has 1 atom stereocenters. The van der Waals surface area contributed by atoms with Crippen LogP contribution in [0.5, 0.6) is 0 Å². The van der Waals surface area contributed by atoms with Gasteiger partial charge in [-0.05, 0) is 19.3 Å². The summed E-state index contributed by atoms with van der Waals surface area (Å²) >= 11 is 0. The molecule has 0 aromatic heterocycles. The van der Waals surface area contributed by atoms with Crippen molar-refractivity contribution in [2.75, 3.05) is 25.1 Å². The quantitative estimate of drug-likeness (QED) is 0.787. The fourth-order valence-electron chi connectivity index (χ4n) is 3.53. The number of sulfone groups is 1. The van der Waals surface area contributed by atoms with Gasteiger partial charge < -0.3 is 10.6 Å². The molecule has 1 amide bonds. The van der Waals surface area contributed by atoms with Gasteiger partial charge in [0.05, 0.1) is 16.9 Å². The third-order valence-electron chi connectivity index (χ3n) is 4.98. The molecule has 2 aliphatic rings. The van der Waals surface area contributed by atoms with E-state index in [-0.39, 0.29) is 23.5 Å². The van der Waals surface area contributed by atoms with Crippen LogP contribution in [0.15, 0.2) is 0 Å². The molecule has 0 aromatic rings. The van der Waals surface area contributed by atoms with Gasteiger partial charge in [0.2, 0.25) is 5.91 Å². The fraction of sp³-hybridized carbons (Fsp3) is 0.929. The number of rotatable bonds is 3. The summed E-state index contributed by atoms with van der Waals surface area (Å²) in [5, 5.41) is 0. The van der Waals surface area contributed by atoms with Crippen LogP contribution in [0.25, 0.3) is 0 Å². The molecule has 2 rings (SSSR count). The Morgan fingerprint density at radius 1 is 1.25 bits per heavy atom. The third-order valence-corrected chi connectivity index (χ3v) is 6.73. The molecule has 2 N–H and O–H groups in total. The summed E-state index contributed by atoms with van der Waals surface area (Å²) in [7, 11) is -1.22. The summed E-state index contributed by atoms with van der Waals surface area (Å²) < 4.78 is 23.2. The summed E-state index contributed by atoms with van der Waals surface area (Å²) in [4.78, 5) is 14.5. The van der Waals surface area contributed by atoms with E-state index in [2.05, 4.69) is 0 Å². The molecule has 0 radical (unpaired) electrons. The minimum absolute atomic E-state index is 0.0593. The van der Waals surface area contributed by atoms with Gasteiger partial charge in [0.25, 0.3) is 0 Å². The number of amides is 1. The first-order chi connectivity index (χ1) is 9.40. The first kappa shape index (κ1) is 15.8. The third kappa shape index (κ3) is 3.17. The van der Waals surface area contributed by atoms with Gasteiger partial charge in [-0.25, -0.2) is 8.42 Å². The standard InChI is InChI=1S/C14H26N2O3S/c1-16(12-6-9-20(18,19)10-12)13(17)14(11-15)7-4-2-3-5-8-14/h12H,2-11,15H2,1H3. The summed E-state index contributed by atoms with van der Waals surface area (Å²) in [6.45, 7) is 0.371. The lowest BCUT2D eigenvalue weighted by Crippen LogP contribution is -2.50. The number of nitrogens with zero attached hydrogens (tertiary/aromatic N) is 1. The molecule has 2 fully saturated rings. The maximum absolute atomic E-state index is 12.9. The largest absolute Gasteiger partial charge is 0.341 e. The van der Waals surface area contributed by atoms with Crippen LogP contribution in [0.4, 0.5) is 0 Å². The number of hydrogen-bond acceptors (Lipinski definition) is 4. The fourth-order valence-corrected chi connectivity index (χ4v) is 5.31. The van der Waals surface area contributed by atoms with E-state index in [1.165, 1.54) is 0 Å². The minimum atomic E-state index is -2.96. The van der Waals surface area contributed by atoms with Crippen LogP contribution in [0.2, 0.25) is 0 Å². The van der Waals surface area contributed by atoms with Crippen LogP contribution in [0, 0.1) is 5.41 Å². The van der Waals surface area contributed by atoms with Crippen LogP contribution in [-0.4, -0.2) is 50.4 Å². The zero-order valence-corrected chi connectivity index (χ0v) is 13.1. The zero-order valence-electron chi connectivity index (χ0n) is 12.3. The van der Waals surface area contributed by atoms with Gasteiger partial charge in [-0.2, -0.15) is 0 Å². The van der Waals surface area contributed by atoms with Crippen molar-refractivity contribution in [2.24, 2.45) is 11.1 Å². The second-order valence-electron chi connectivity index (χ2n) is 6.37. The summed E-state index contributed by atoms with van der Waals surface area (Å²) in [6, 6.07) is -0.167. The van der Waals surface area contributed by atoms with Crippen molar-refractivity contribution in [1.82, 2.24) is 4.90 Å².